The average Bonchev–Trinajstić information content (AvgIpc) is 3.17. The van der Waals surface area contributed by atoms with Gasteiger partial charge in [0.25, 0.3) is 5.91 Å². The molecule has 5 rings (SSSR count). The zero-order chi connectivity index (χ0) is 24.9. The van der Waals surface area contributed by atoms with E-state index in [0.717, 1.165) is 4.73 Å². The highest BCUT2D eigenvalue weighted by molar-refractivity contribution is 6.00. The third kappa shape index (κ3) is 3.92. The van der Waals surface area contributed by atoms with Crippen LogP contribution in [0.4, 0.5) is 23.4 Å². The number of amides is 1. The van der Waals surface area contributed by atoms with E-state index >= 15 is 0 Å². The first-order chi connectivity index (χ1) is 16.6. The molecule has 8 nitrogen and oxygen atoms in total. The van der Waals surface area contributed by atoms with E-state index in [4.69, 9.17) is 10.6 Å². The summed E-state index contributed by atoms with van der Waals surface area (Å²) in [6, 6.07) is 12.2. The Balaban J connectivity index is 1.72. The maximum atomic E-state index is 14.4. The molecule has 35 heavy (non-hydrogen) atoms. The summed E-state index contributed by atoms with van der Waals surface area (Å²) in [5, 5.41) is 3.18. The lowest BCUT2D eigenvalue weighted by Gasteiger charge is -2.17. The van der Waals surface area contributed by atoms with Gasteiger partial charge in [-0.1, -0.05) is 24.3 Å². The van der Waals surface area contributed by atoms with Crippen LogP contribution in [0, 0.1) is 5.95 Å². The monoisotopic (exact) mass is 485 g/mol. The second-order valence-electron chi connectivity index (χ2n) is 7.72. The van der Waals surface area contributed by atoms with Gasteiger partial charge in [-0.25, -0.2) is 14.8 Å². The first kappa shape index (κ1) is 22.3. The molecule has 0 saturated heterocycles. The molecule has 0 atom stereocenters. The maximum Gasteiger partial charge on any atom is 0.493 e. The van der Waals surface area contributed by atoms with Crippen LogP contribution in [0.15, 0.2) is 48.5 Å². The third-order valence-corrected chi connectivity index (χ3v) is 5.50. The Labute approximate surface area is 194 Å². The number of aromatic nitrogens is 3. The van der Waals surface area contributed by atoms with Gasteiger partial charge in [0.15, 0.2) is 0 Å². The SMILES string of the molecule is Nc1ccc(-c2ccc3cccc(-c4cc5c(n4OC(=O)C(F)(F)F)CCNC5=O)c3n2)c(F)n1. The van der Waals surface area contributed by atoms with Crippen molar-refractivity contribution in [1.82, 2.24) is 20.0 Å². The first-order valence-corrected chi connectivity index (χ1v) is 10.3. The summed E-state index contributed by atoms with van der Waals surface area (Å²) in [5.41, 5.74) is 6.52. The predicted molar refractivity (Wildman–Crippen MR) is 116 cm³/mol. The molecule has 1 aliphatic heterocycles. The van der Waals surface area contributed by atoms with E-state index in [2.05, 4.69) is 15.3 Å². The van der Waals surface area contributed by atoms with Gasteiger partial charge in [0, 0.05) is 23.9 Å². The molecule has 0 spiro atoms. The largest absolute Gasteiger partial charge is 0.493 e. The molecular formula is C23H15F4N5O3. The van der Waals surface area contributed by atoms with E-state index in [1.807, 2.05) is 0 Å². The van der Waals surface area contributed by atoms with Crippen LogP contribution < -0.4 is 15.9 Å². The molecule has 0 saturated carbocycles. The van der Waals surface area contributed by atoms with Crippen molar-refractivity contribution >= 4 is 28.6 Å². The molecule has 3 N–H and O–H groups in total. The minimum atomic E-state index is -5.25. The van der Waals surface area contributed by atoms with Crippen molar-refractivity contribution < 1.29 is 32.0 Å². The number of nitrogen functional groups attached to an aromatic ring is 1. The molecule has 0 aliphatic carbocycles. The number of carbonyl (C=O) groups is 2. The minimum Gasteiger partial charge on any atom is -0.384 e. The Morgan fingerprint density at radius 2 is 1.86 bits per heavy atom. The number of nitrogens with two attached hydrogens (primary N) is 1. The lowest BCUT2D eigenvalue weighted by molar-refractivity contribution is -0.199. The van der Waals surface area contributed by atoms with E-state index in [0.29, 0.717) is 5.39 Å². The van der Waals surface area contributed by atoms with E-state index in [-0.39, 0.29) is 58.1 Å². The van der Waals surface area contributed by atoms with Gasteiger partial charge >= 0.3 is 12.1 Å². The number of benzene rings is 1. The van der Waals surface area contributed by atoms with Crippen molar-refractivity contribution in [2.45, 2.75) is 12.6 Å². The smallest absolute Gasteiger partial charge is 0.384 e. The van der Waals surface area contributed by atoms with Crippen molar-refractivity contribution in [3.8, 4) is 22.5 Å². The zero-order valence-corrected chi connectivity index (χ0v) is 17.7. The number of para-hydroxylation sites is 1. The van der Waals surface area contributed by atoms with Gasteiger partial charge < -0.3 is 15.9 Å². The van der Waals surface area contributed by atoms with Gasteiger partial charge in [-0.05, 0) is 24.3 Å². The maximum absolute atomic E-state index is 14.4. The number of rotatable bonds is 3. The molecule has 4 aromatic rings. The summed E-state index contributed by atoms with van der Waals surface area (Å²) >= 11 is 0. The number of halogens is 4. The van der Waals surface area contributed by atoms with E-state index in [1.54, 1.807) is 30.3 Å². The van der Waals surface area contributed by atoms with Crippen molar-refractivity contribution in [2.24, 2.45) is 0 Å². The van der Waals surface area contributed by atoms with Crippen LogP contribution in [0.2, 0.25) is 0 Å². The topological polar surface area (TPSA) is 112 Å². The van der Waals surface area contributed by atoms with Crippen LogP contribution in [0.5, 0.6) is 0 Å². The van der Waals surface area contributed by atoms with Gasteiger partial charge in [0.2, 0.25) is 5.95 Å². The Morgan fingerprint density at radius 1 is 1.06 bits per heavy atom. The quantitative estimate of drug-likeness (QED) is 0.340. The number of alkyl halides is 3. The zero-order valence-electron chi connectivity index (χ0n) is 17.7. The summed E-state index contributed by atoms with van der Waals surface area (Å²) in [6.45, 7) is 0.153. The highest BCUT2D eigenvalue weighted by atomic mass is 19.4. The van der Waals surface area contributed by atoms with Crippen LogP contribution in [-0.4, -0.2) is 39.3 Å². The number of carbonyl (C=O) groups excluding carboxylic acids is 2. The Morgan fingerprint density at radius 3 is 2.60 bits per heavy atom. The summed E-state index contributed by atoms with van der Waals surface area (Å²) < 4.78 is 54.2. The highest BCUT2D eigenvalue weighted by Gasteiger charge is 2.43. The van der Waals surface area contributed by atoms with Crippen LogP contribution >= 0.6 is 0 Å². The molecule has 178 valence electrons. The Hall–Kier alpha value is -4.48. The Bertz CT molecular complexity index is 1510. The molecular weight excluding hydrogens is 470 g/mol. The van der Waals surface area contributed by atoms with Crippen LogP contribution in [0.25, 0.3) is 33.4 Å². The second-order valence-corrected chi connectivity index (χ2v) is 7.72. The lowest BCUT2D eigenvalue weighted by atomic mass is 10.0. The molecule has 3 aromatic heterocycles. The van der Waals surface area contributed by atoms with Crippen molar-refractivity contribution in [3.05, 3.63) is 65.7 Å². The number of hydrogen-bond donors (Lipinski definition) is 2. The summed E-state index contributed by atoms with van der Waals surface area (Å²) in [5.74, 6) is -3.81. The van der Waals surface area contributed by atoms with E-state index < -0.39 is 24.0 Å². The number of pyridine rings is 2. The predicted octanol–water partition coefficient (Wildman–Crippen LogP) is 3.29. The fourth-order valence-corrected chi connectivity index (χ4v) is 3.93. The number of anilines is 1. The number of nitrogens with zero attached hydrogens (tertiary/aromatic N) is 3. The van der Waals surface area contributed by atoms with Gasteiger partial charge in [0.1, 0.15) is 5.82 Å². The summed E-state index contributed by atoms with van der Waals surface area (Å²) in [7, 11) is 0. The van der Waals surface area contributed by atoms with Gasteiger partial charge in [0.05, 0.1) is 33.7 Å². The molecule has 4 heterocycles. The molecule has 12 heteroatoms. The standard InChI is InChI=1S/C23H15F4N5O3/c24-20-12(5-7-18(28)31-20)15-6-4-11-2-1-3-13(19(11)30-15)17-10-14-16(8-9-29-21(14)33)32(17)35-22(34)23(25,26)27/h1-7,10H,8-9H2,(H2,28,31)(H,29,33). The molecule has 1 aromatic carbocycles. The van der Waals surface area contributed by atoms with Crippen LogP contribution in [-0.2, 0) is 11.2 Å². The summed E-state index contributed by atoms with van der Waals surface area (Å²) in [6.07, 6.45) is -5.12. The van der Waals surface area contributed by atoms with Crippen molar-refractivity contribution in [2.75, 3.05) is 12.3 Å². The fourth-order valence-electron chi connectivity index (χ4n) is 3.93. The Kier molecular flexibility index (Phi) is 5.15. The lowest BCUT2D eigenvalue weighted by Crippen LogP contribution is -2.37. The molecule has 0 unspecified atom stereocenters. The third-order valence-electron chi connectivity index (χ3n) is 5.50. The van der Waals surface area contributed by atoms with E-state index in [9.17, 15) is 27.2 Å². The van der Waals surface area contributed by atoms with Crippen LogP contribution in [0.1, 0.15) is 16.1 Å². The molecule has 0 radical (unpaired) electrons. The number of hydrogen-bond acceptors (Lipinski definition) is 6. The van der Waals surface area contributed by atoms with Gasteiger partial charge in [-0.2, -0.15) is 22.3 Å². The summed E-state index contributed by atoms with van der Waals surface area (Å²) in [4.78, 5) is 36.9. The molecule has 0 fully saturated rings. The fraction of sp³-hybridized carbons (Fsp3) is 0.130. The molecule has 1 aliphatic rings. The van der Waals surface area contributed by atoms with Crippen molar-refractivity contribution in [3.63, 3.8) is 0 Å². The minimum absolute atomic E-state index is 0.0100. The normalized spacial score (nSPS) is 13.4. The molecule has 1 amide bonds. The van der Waals surface area contributed by atoms with Gasteiger partial charge in [-0.3, -0.25) is 4.79 Å². The van der Waals surface area contributed by atoms with Crippen molar-refractivity contribution in [1.29, 1.82) is 0 Å². The first-order valence-electron chi connectivity index (χ1n) is 10.3. The number of nitrogens with one attached hydrogen (secondary N) is 1. The number of fused-ring (bicyclic) bond motifs is 2. The van der Waals surface area contributed by atoms with Crippen LogP contribution in [0.3, 0.4) is 0 Å². The second kappa shape index (κ2) is 8.08. The molecule has 0 bridgehead atoms. The van der Waals surface area contributed by atoms with E-state index in [1.165, 1.54) is 18.2 Å². The average molecular weight is 485 g/mol. The van der Waals surface area contributed by atoms with Gasteiger partial charge in [-0.15, -0.1) is 0 Å². The highest BCUT2D eigenvalue weighted by Crippen LogP contribution is 2.34.